The Labute approximate surface area is 123 Å². The van der Waals surface area contributed by atoms with Crippen molar-refractivity contribution in [2.75, 3.05) is 12.9 Å². The van der Waals surface area contributed by atoms with Crippen LogP contribution in [0.3, 0.4) is 0 Å². The number of methoxy groups -OCH3 is 1. The highest BCUT2D eigenvalue weighted by atomic mass is 32.2. The number of benzene rings is 1. The van der Waals surface area contributed by atoms with Crippen molar-refractivity contribution < 1.29 is 14.3 Å². The molecule has 0 aliphatic rings. The van der Waals surface area contributed by atoms with Gasteiger partial charge in [0.1, 0.15) is 5.75 Å². The SMILES string of the molecule is CC[C@H](C)NC(=O)NC(=O)CSc1ccc(OC)cc1. The van der Waals surface area contributed by atoms with Crippen LogP contribution in [-0.2, 0) is 4.79 Å². The number of thioether (sulfide) groups is 1. The molecular formula is C14H20N2O3S. The average molecular weight is 296 g/mol. The van der Waals surface area contributed by atoms with Gasteiger partial charge in [0.25, 0.3) is 0 Å². The fourth-order valence-corrected chi connectivity index (χ4v) is 2.04. The average Bonchev–Trinajstić information content (AvgIpc) is 2.45. The molecule has 6 heteroatoms. The van der Waals surface area contributed by atoms with Gasteiger partial charge in [-0.1, -0.05) is 6.92 Å². The van der Waals surface area contributed by atoms with Crippen molar-refractivity contribution in [2.45, 2.75) is 31.2 Å². The summed E-state index contributed by atoms with van der Waals surface area (Å²) < 4.78 is 5.05. The first-order valence-corrected chi connectivity index (χ1v) is 7.41. The molecule has 0 saturated carbocycles. The van der Waals surface area contributed by atoms with E-state index in [-0.39, 0.29) is 17.7 Å². The summed E-state index contributed by atoms with van der Waals surface area (Å²) in [6.45, 7) is 3.85. The molecule has 0 radical (unpaired) electrons. The van der Waals surface area contributed by atoms with Gasteiger partial charge in [0.05, 0.1) is 12.9 Å². The minimum atomic E-state index is -0.445. The van der Waals surface area contributed by atoms with E-state index in [9.17, 15) is 9.59 Å². The maximum Gasteiger partial charge on any atom is 0.321 e. The highest BCUT2D eigenvalue weighted by Gasteiger charge is 2.10. The summed E-state index contributed by atoms with van der Waals surface area (Å²) in [6.07, 6.45) is 0.822. The predicted octanol–water partition coefficient (Wildman–Crippen LogP) is 2.41. The van der Waals surface area contributed by atoms with E-state index in [4.69, 9.17) is 4.74 Å². The third-order valence-corrected chi connectivity index (χ3v) is 3.68. The van der Waals surface area contributed by atoms with Crippen molar-refractivity contribution in [3.8, 4) is 5.75 Å². The van der Waals surface area contributed by atoms with Crippen molar-refractivity contribution >= 4 is 23.7 Å². The number of rotatable bonds is 6. The quantitative estimate of drug-likeness (QED) is 0.791. The van der Waals surface area contributed by atoms with Gasteiger partial charge in [0.2, 0.25) is 5.91 Å². The van der Waals surface area contributed by atoms with E-state index in [2.05, 4.69) is 10.6 Å². The molecule has 5 nitrogen and oxygen atoms in total. The van der Waals surface area contributed by atoms with E-state index in [0.717, 1.165) is 17.1 Å². The summed E-state index contributed by atoms with van der Waals surface area (Å²) in [7, 11) is 1.60. The Balaban J connectivity index is 2.33. The number of ether oxygens (including phenoxy) is 1. The molecule has 1 aromatic carbocycles. The minimum Gasteiger partial charge on any atom is -0.497 e. The van der Waals surface area contributed by atoms with Gasteiger partial charge in [-0.25, -0.2) is 4.79 Å². The number of hydrogen-bond acceptors (Lipinski definition) is 4. The molecule has 20 heavy (non-hydrogen) atoms. The number of amides is 3. The Bertz CT molecular complexity index is 448. The lowest BCUT2D eigenvalue weighted by molar-refractivity contribution is -0.117. The summed E-state index contributed by atoms with van der Waals surface area (Å²) in [5.74, 6) is 0.652. The van der Waals surface area contributed by atoms with Crippen LogP contribution in [-0.4, -0.2) is 30.8 Å². The standard InChI is InChI=1S/C14H20N2O3S/c1-4-10(2)15-14(18)16-13(17)9-20-12-7-5-11(19-3)6-8-12/h5-8,10H,4,9H2,1-3H3,(H2,15,16,17,18)/t10-/m0/s1. The highest BCUT2D eigenvalue weighted by molar-refractivity contribution is 8.00. The lowest BCUT2D eigenvalue weighted by Crippen LogP contribution is -2.43. The maximum atomic E-state index is 11.6. The molecule has 3 amide bonds. The Morgan fingerprint density at radius 2 is 1.95 bits per heavy atom. The van der Waals surface area contributed by atoms with E-state index in [1.165, 1.54) is 11.8 Å². The molecule has 1 rings (SSSR count). The lowest BCUT2D eigenvalue weighted by atomic mass is 10.3. The molecule has 110 valence electrons. The molecule has 0 aliphatic carbocycles. The number of hydrogen-bond donors (Lipinski definition) is 2. The van der Waals surface area contributed by atoms with Gasteiger partial charge in [0, 0.05) is 10.9 Å². The lowest BCUT2D eigenvalue weighted by Gasteiger charge is -2.11. The van der Waals surface area contributed by atoms with Gasteiger partial charge < -0.3 is 10.1 Å². The van der Waals surface area contributed by atoms with Crippen LogP contribution >= 0.6 is 11.8 Å². The first kappa shape index (κ1) is 16.4. The summed E-state index contributed by atoms with van der Waals surface area (Å²) in [5, 5.41) is 4.98. The normalized spacial score (nSPS) is 11.6. The maximum absolute atomic E-state index is 11.6. The van der Waals surface area contributed by atoms with Crippen molar-refractivity contribution in [1.29, 1.82) is 0 Å². The summed E-state index contributed by atoms with van der Waals surface area (Å²) in [6, 6.07) is 7.01. The van der Waals surface area contributed by atoms with E-state index >= 15 is 0 Å². The van der Waals surface area contributed by atoms with E-state index in [1.807, 2.05) is 38.1 Å². The van der Waals surface area contributed by atoms with Gasteiger partial charge in [-0.05, 0) is 37.6 Å². The van der Waals surface area contributed by atoms with E-state index < -0.39 is 6.03 Å². The summed E-state index contributed by atoms with van der Waals surface area (Å²) >= 11 is 1.37. The van der Waals surface area contributed by atoms with E-state index in [1.54, 1.807) is 7.11 Å². The zero-order chi connectivity index (χ0) is 15.0. The third-order valence-electron chi connectivity index (χ3n) is 2.67. The fraction of sp³-hybridized carbons (Fsp3) is 0.429. The van der Waals surface area contributed by atoms with Crippen LogP contribution in [0.25, 0.3) is 0 Å². The molecule has 0 unspecified atom stereocenters. The number of carbonyl (C=O) groups excluding carboxylic acids is 2. The van der Waals surface area contributed by atoms with E-state index in [0.29, 0.717) is 0 Å². The molecule has 1 atom stereocenters. The number of nitrogens with one attached hydrogen (secondary N) is 2. The highest BCUT2D eigenvalue weighted by Crippen LogP contribution is 2.20. The molecule has 0 bridgehead atoms. The van der Waals surface area contributed by atoms with Crippen molar-refractivity contribution in [2.24, 2.45) is 0 Å². The number of imide groups is 1. The van der Waals surface area contributed by atoms with Gasteiger partial charge in [0.15, 0.2) is 0 Å². The number of urea groups is 1. The first-order valence-electron chi connectivity index (χ1n) is 6.42. The van der Waals surface area contributed by atoms with Gasteiger partial charge >= 0.3 is 6.03 Å². The number of carbonyl (C=O) groups is 2. The van der Waals surface area contributed by atoms with Gasteiger partial charge in [-0.2, -0.15) is 0 Å². The van der Waals surface area contributed by atoms with Crippen LogP contribution in [0.4, 0.5) is 4.79 Å². The monoisotopic (exact) mass is 296 g/mol. The fourth-order valence-electron chi connectivity index (χ4n) is 1.35. The van der Waals surface area contributed by atoms with Crippen LogP contribution < -0.4 is 15.4 Å². The second-order valence-corrected chi connectivity index (χ2v) is 5.34. The molecule has 2 N–H and O–H groups in total. The Hall–Kier alpha value is -1.69. The topological polar surface area (TPSA) is 67.4 Å². The summed E-state index contributed by atoms with van der Waals surface area (Å²) in [4.78, 5) is 24.0. The second-order valence-electron chi connectivity index (χ2n) is 4.30. The molecule has 0 heterocycles. The molecule has 0 spiro atoms. The van der Waals surface area contributed by atoms with Crippen LogP contribution in [0.15, 0.2) is 29.2 Å². The zero-order valence-corrected chi connectivity index (χ0v) is 12.8. The zero-order valence-electron chi connectivity index (χ0n) is 11.9. The van der Waals surface area contributed by atoms with Gasteiger partial charge in [-0.3, -0.25) is 10.1 Å². The summed E-state index contributed by atoms with van der Waals surface area (Å²) in [5.41, 5.74) is 0. The Morgan fingerprint density at radius 1 is 1.30 bits per heavy atom. The first-order chi connectivity index (χ1) is 9.55. The Morgan fingerprint density at radius 3 is 2.50 bits per heavy atom. The largest absolute Gasteiger partial charge is 0.497 e. The van der Waals surface area contributed by atoms with Crippen LogP contribution in [0.1, 0.15) is 20.3 Å². The van der Waals surface area contributed by atoms with Crippen molar-refractivity contribution in [3.05, 3.63) is 24.3 Å². The molecular weight excluding hydrogens is 276 g/mol. The molecule has 0 saturated heterocycles. The van der Waals surface area contributed by atoms with Crippen LogP contribution in [0.5, 0.6) is 5.75 Å². The minimum absolute atomic E-state index is 0.0528. The Kier molecular flexibility index (Phi) is 6.93. The molecule has 0 aromatic heterocycles. The molecule has 0 fully saturated rings. The third kappa shape index (κ3) is 5.97. The van der Waals surface area contributed by atoms with Gasteiger partial charge in [-0.15, -0.1) is 11.8 Å². The van der Waals surface area contributed by atoms with Crippen LogP contribution in [0, 0.1) is 0 Å². The molecule has 1 aromatic rings. The van der Waals surface area contributed by atoms with Crippen molar-refractivity contribution in [3.63, 3.8) is 0 Å². The molecule has 0 aliphatic heterocycles. The van der Waals surface area contributed by atoms with Crippen LogP contribution in [0.2, 0.25) is 0 Å². The smallest absolute Gasteiger partial charge is 0.321 e. The van der Waals surface area contributed by atoms with Crippen molar-refractivity contribution in [1.82, 2.24) is 10.6 Å². The second kappa shape index (κ2) is 8.47. The predicted molar refractivity (Wildman–Crippen MR) is 80.1 cm³/mol.